The lowest BCUT2D eigenvalue weighted by Gasteiger charge is -2.10. The van der Waals surface area contributed by atoms with Crippen LogP contribution >= 0.6 is 23.2 Å². The average molecular weight is 390 g/mol. The maximum absolute atomic E-state index is 12.5. The number of hydrogen-bond acceptors (Lipinski definition) is 3. The first-order valence-corrected chi connectivity index (χ1v) is 8.66. The molecule has 3 aromatic rings. The molecule has 1 heterocycles. The number of nitrogens with zero attached hydrogens (tertiary/aromatic N) is 2. The Bertz CT molecular complexity index is 933. The SMILES string of the molecule is COc1cccc(C(=O)Nc2ccn(Cc3c(Cl)cccc3Cl)n2)c1C. The predicted molar refractivity (Wildman–Crippen MR) is 103 cm³/mol. The quantitative estimate of drug-likeness (QED) is 0.681. The van der Waals surface area contributed by atoms with Crippen molar-refractivity contribution in [2.24, 2.45) is 0 Å². The number of ether oxygens (including phenoxy) is 1. The molecule has 7 heteroatoms. The van der Waals surface area contributed by atoms with Crippen LogP contribution in [0, 0.1) is 6.92 Å². The molecule has 3 rings (SSSR count). The van der Waals surface area contributed by atoms with Crippen LogP contribution < -0.4 is 10.1 Å². The highest BCUT2D eigenvalue weighted by atomic mass is 35.5. The largest absolute Gasteiger partial charge is 0.496 e. The molecule has 0 unspecified atom stereocenters. The van der Waals surface area contributed by atoms with E-state index in [2.05, 4.69) is 10.4 Å². The van der Waals surface area contributed by atoms with Crippen molar-refractivity contribution in [3.63, 3.8) is 0 Å². The Morgan fingerprint density at radius 2 is 1.85 bits per heavy atom. The molecule has 0 atom stereocenters. The van der Waals surface area contributed by atoms with E-state index in [1.54, 1.807) is 54.4 Å². The van der Waals surface area contributed by atoms with Crippen LogP contribution in [0.3, 0.4) is 0 Å². The van der Waals surface area contributed by atoms with Gasteiger partial charge in [0.05, 0.1) is 13.7 Å². The molecule has 1 N–H and O–H groups in total. The minimum Gasteiger partial charge on any atom is -0.496 e. The van der Waals surface area contributed by atoms with E-state index in [4.69, 9.17) is 27.9 Å². The first-order chi connectivity index (χ1) is 12.5. The highest BCUT2D eigenvalue weighted by molar-refractivity contribution is 6.35. The number of anilines is 1. The number of aromatic nitrogens is 2. The molecule has 0 bridgehead atoms. The standard InChI is InChI=1S/C19H17Cl2N3O2/c1-12-13(5-3-8-17(12)26-2)19(25)22-18-9-10-24(23-18)11-14-15(20)6-4-7-16(14)21/h3-10H,11H2,1-2H3,(H,22,23,25). The van der Waals surface area contributed by atoms with E-state index in [-0.39, 0.29) is 5.91 Å². The zero-order chi connectivity index (χ0) is 18.7. The highest BCUT2D eigenvalue weighted by Crippen LogP contribution is 2.25. The molecule has 0 saturated carbocycles. The van der Waals surface area contributed by atoms with Crippen LogP contribution in [0.25, 0.3) is 0 Å². The van der Waals surface area contributed by atoms with E-state index in [0.717, 1.165) is 11.1 Å². The first-order valence-electron chi connectivity index (χ1n) is 7.91. The number of carbonyl (C=O) groups is 1. The number of methoxy groups -OCH3 is 1. The molecule has 0 aliphatic rings. The third-order valence-corrected chi connectivity index (χ3v) is 4.72. The zero-order valence-electron chi connectivity index (χ0n) is 14.3. The van der Waals surface area contributed by atoms with Crippen LogP contribution in [-0.4, -0.2) is 22.8 Å². The third-order valence-electron chi connectivity index (χ3n) is 4.01. The summed E-state index contributed by atoms with van der Waals surface area (Å²) in [5.74, 6) is 0.861. The summed E-state index contributed by atoms with van der Waals surface area (Å²) in [7, 11) is 1.57. The summed E-state index contributed by atoms with van der Waals surface area (Å²) in [6.07, 6.45) is 1.76. The van der Waals surface area contributed by atoms with E-state index in [9.17, 15) is 4.79 Å². The molecule has 0 saturated heterocycles. The molecule has 1 amide bonds. The van der Waals surface area contributed by atoms with Gasteiger partial charge >= 0.3 is 0 Å². The summed E-state index contributed by atoms with van der Waals surface area (Å²) >= 11 is 12.4. The van der Waals surface area contributed by atoms with E-state index < -0.39 is 0 Å². The minimum absolute atomic E-state index is 0.248. The summed E-state index contributed by atoms with van der Waals surface area (Å²) in [6.45, 7) is 2.25. The first kappa shape index (κ1) is 18.3. The Kier molecular flexibility index (Phi) is 5.49. The van der Waals surface area contributed by atoms with Gasteiger partial charge in [0.15, 0.2) is 5.82 Å². The van der Waals surface area contributed by atoms with Gasteiger partial charge in [-0.05, 0) is 31.2 Å². The van der Waals surface area contributed by atoms with Gasteiger partial charge < -0.3 is 10.1 Å². The van der Waals surface area contributed by atoms with Crippen LogP contribution in [0.4, 0.5) is 5.82 Å². The molecular formula is C19H17Cl2N3O2. The van der Waals surface area contributed by atoms with Crippen molar-refractivity contribution in [1.29, 1.82) is 0 Å². The van der Waals surface area contributed by atoms with Gasteiger partial charge in [0.1, 0.15) is 5.75 Å². The van der Waals surface area contributed by atoms with Gasteiger partial charge in [-0.15, -0.1) is 0 Å². The number of halogens is 2. The van der Waals surface area contributed by atoms with Crippen LogP contribution in [-0.2, 0) is 6.54 Å². The molecular weight excluding hydrogens is 373 g/mol. The smallest absolute Gasteiger partial charge is 0.257 e. The van der Waals surface area contributed by atoms with Crippen LogP contribution in [0.1, 0.15) is 21.5 Å². The van der Waals surface area contributed by atoms with Gasteiger partial charge in [0, 0.05) is 39.0 Å². The lowest BCUT2D eigenvalue weighted by atomic mass is 10.1. The molecule has 0 radical (unpaired) electrons. The topological polar surface area (TPSA) is 56.1 Å². The molecule has 1 aromatic heterocycles. The van der Waals surface area contributed by atoms with Crippen LogP contribution in [0.15, 0.2) is 48.7 Å². The van der Waals surface area contributed by atoms with E-state index in [1.807, 2.05) is 13.0 Å². The molecule has 0 aliphatic carbocycles. The Morgan fingerprint density at radius 1 is 1.15 bits per heavy atom. The van der Waals surface area contributed by atoms with Gasteiger partial charge in [0.25, 0.3) is 5.91 Å². The number of amides is 1. The lowest BCUT2D eigenvalue weighted by molar-refractivity contribution is 0.102. The van der Waals surface area contributed by atoms with E-state index in [1.165, 1.54) is 0 Å². The second-order valence-electron chi connectivity index (χ2n) is 5.69. The molecule has 134 valence electrons. The summed E-state index contributed by atoms with van der Waals surface area (Å²) in [6, 6.07) is 12.4. The molecule has 26 heavy (non-hydrogen) atoms. The van der Waals surface area contributed by atoms with Crippen molar-refractivity contribution in [3.05, 3.63) is 75.4 Å². The third kappa shape index (κ3) is 3.84. The Hall–Kier alpha value is -2.50. The number of nitrogens with one attached hydrogen (secondary N) is 1. The summed E-state index contributed by atoms with van der Waals surface area (Å²) in [5.41, 5.74) is 2.09. The highest BCUT2D eigenvalue weighted by Gasteiger charge is 2.14. The lowest BCUT2D eigenvalue weighted by Crippen LogP contribution is -2.14. The predicted octanol–water partition coefficient (Wildman–Crippen LogP) is 4.81. The Morgan fingerprint density at radius 3 is 2.54 bits per heavy atom. The Labute approximate surface area is 161 Å². The molecule has 0 aliphatic heterocycles. The summed E-state index contributed by atoms with van der Waals surface area (Å²) in [4.78, 5) is 12.5. The monoisotopic (exact) mass is 389 g/mol. The maximum Gasteiger partial charge on any atom is 0.257 e. The summed E-state index contributed by atoms with van der Waals surface area (Å²) in [5, 5.41) is 8.30. The normalized spacial score (nSPS) is 10.6. The van der Waals surface area contributed by atoms with Gasteiger partial charge in [-0.1, -0.05) is 35.3 Å². The van der Waals surface area contributed by atoms with Crippen molar-refractivity contribution >= 4 is 34.9 Å². The van der Waals surface area contributed by atoms with Crippen molar-refractivity contribution in [2.75, 3.05) is 12.4 Å². The molecule has 2 aromatic carbocycles. The maximum atomic E-state index is 12.5. The van der Waals surface area contributed by atoms with Gasteiger partial charge in [-0.3, -0.25) is 9.48 Å². The van der Waals surface area contributed by atoms with Crippen molar-refractivity contribution < 1.29 is 9.53 Å². The average Bonchev–Trinajstić information content (AvgIpc) is 3.05. The minimum atomic E-state index is -0.248. The number of hydrogen-bond donors (Lipinski definition) is 1. The Balaban J connectivity index is 1.76. The number of carbonyl (C=O) groups excluding carboxylic acids is 1. The fraction of sp³-hybridized carbons (Fsp3) is 0.158. The van der Waals surface area contributed by atoms with Crippen molar-refractivity contribution in [1.82, 2.24) is 9.78 Å². The zero-order valence-corrected chi connectivity index (χ0v) is 15.8. The summed E-state index contributed by atoms with van der Waals surface area (Å²) < 4.78 is 6.92. The molecule has 5 nitrogen and oxygen atoms in total. The van der Waals surface area contributed by atoms with Crippen molar-refractivity contribution in [2.45, 2.75) is 13.5 Å². The van der Waals surface area contributed by atoms with Gasteiger partial charge in [-0.2, -0.15) is 5.10 Å². The fourth-order valence-corrected chi connectivity index (χ4v) is 3.14. The van der Waals surface area contributed by atoms with E-state index in [0.29, 0.717) is 33.7 Å². The second kappa shape index (κ2) is 7.81. The van der Waals surface area contributed by atoms with Crippen molar-refractivity contribution in [3.8, 4) is 5.75 Å². The molecule has 0 spiro atoms. The molecule has 0 fully saturated rings. The van der Waals surface area contributed by atoms with Crippen LogP contribution in [0.5, 0.6) is 5.75 Å². The second-order valence-corrected chi connectivity index (χ2v) is 6.50. The number of benzene rings is 2. The van der Waals surface area contributed by atoms with E-state index >= 15 is 0 Å². The van der Waals surface area contributed by atoms with Gasteiger partial charge in [0.2, 0.25) is 0 Å². The number of rotatable bonds is 5. The van der Waals surface area contributed by atoms with Crippen LogP contribution in [0.2, 0.25) is 10.0 Å². The van der Waals surface area contributed by atoms with Gasteiger partial charge in [-0.25, -0.2) is 0 Å². The fourth-order valence-electron chi connectivity index (χ4n) is 2.63.